The normalized spacial score (nSPS) is 22.5. The first kappa shape index (κ1) is 86.9. The minimum Gasteiger partial charge on any atom is -0.496 e. The summed E-state index contributed by atoms with van der Waals surface area (Å²) in [6.07, 6.45) is 3.58. The number of fused-ring (bicyclic) bond motifs is 3. The molecule has 121 heavy (non-hydrogen) atoms. The van der Waals surface area contributed by atoms with Crippen molar-refractivity contribution in [1.29, 1.82) is 0 Å². The number of amides is 2. The van der Waals surface area contributed by atoms with Gasteiger partial charge >= 0.3 is 41.4 Å². The molecule has 4 aromatic carbocycles. The van der Waals surface area contributed by atoms with E-state index >= 15 is 0 Å². The van der Waals surface area contributed by atoms with E-state index in [1.54, 1.807) is 31.4 Å². The molecule has 6 aromatic heterocycles. The first-order valence-electron chi connectivity index (χ1n) is 40.8. The van der Waals surface area contributed by atoms with Gasteiger partial charge in [-0.25, -0.2) is 67.0 Å². The number of nitrogens with zero attached hydrogens (tertiary/aromatic N) is 11. The fourth-order valence-electron chi connectivity index (χ4n) is 17.6. The van der Waals surface area contributed by atoms with E-state index in [-0.39, 0.29) is 127 Å². The summed E-state index contributed by atoms with van der Waals surface area (Å²) in [5.41, 5.74) is 6.51. The van der Waals surface area contributed by atoms with Crippen LogP contribution in [-0.4, -0.2) is 173 Å². The highest BCUT2D eigenvalue weighted by Gasteiger charge is 2.42. The Labute approximate surface area is 709 Å². The first-order valence-corrected chi connectivity index (χ1v) is 42.2. The molecule has 4 N–H and O–H groups in total. The fourth-order valence-corrected chi connectivity index (χ4v) is 18.6. The van der Waals surface area contributed by atoms with Gasteiger partial charge in [0.1, 0.15) is 57.4 Å². The van der Waals surface area contributed by atoms with E-state index < -0.39 is 41.4 Å². The molecular weight excluding hydrogens is 1590 g/mol. The van der Waals surface area contributed by atoms with Gasteiger partial charge in [-0.3, -0.25) is 20.0 Å². The minimum atomic E-state index is -1.95. The Bertz CT molecular complexity index is 5660. The van der Waals surface area contributed by atoms with E-state index in [9.17, 15) is 28.2 Å². The number of hydrogen-bond donors (Lipinski definition) is 4. The molecular formula is C88H102ClN15O16S. The van der Waals surface area contributed by atoms with Crippen LogP contribution in [0.25, 0.3) is 65.6 Å². The molecule has 5 fully saturated rings. The smallest absolute Gasteiger partial charge is 0.415 e. The predicted molar refractivity (Wildman–Crippen MR) is 454 cm³/mol. The van der Waals surface area contributed by atoms with Crippen molar-refractivity contribution in [3.63, 3.8) is 0 Å². The lowest BCUT2D eigenvalue weighted by molar-refractivity contribution is -0.0253. The van der Waals surface area contributed by atoms with Crippen LogP contribution in [0, 0.1) is 101 Å². The highest BCUT2D eigenvalue weighted by molar-refractivity contribution is 7.82. The van der Waals surface area contributed by atoms with E-state index in [1.807, 2.05) is 82.3 Å². The molecule has 2 saturated heterocycles. The van der Waals surface area contributed by atoms with Gasteiger partial charge in [0.05, 0.1) is 77.2 Å². The van der Waals surface area contributed by atoms with Crippen LogP contribution >= 0.6 is 11.6 Å². The number of anilines is 1. The number of aromatic amines is 3. The van der Waals surface area contributed by atoms with E-state index in [4.69, 9.17) is 83.1 Å². The number of H-pyrrole nitrogens is 3. The zero-order chi connectivity index (χ0) is 86.5. The largest absolute Gasteiger partial charge is 0.496 e. The van der Waals surface area contributed by atoms with Crippen LogP contribution in [0.5, 0.6) is 29.0 Å². The van der Waals surface area contributed by atoms with Gasteiger partial charge in [0.2, 0.25) is 17.4 Å². The van der Waals surface area contributed by atoms with Gasteiger partial charge in [0.25, 0.3) is 11.4 Å². The Morgan fingerprint density at radius 1 is 0.479 bits per heavy atom. The number of methoxy groups -OCH3 is 2. The summed E-state index contributed by atoms with van der Waals surface area (Å²) in [6.45, 7) is 53.3. The molecule has 638 valence electrons. The van der Waals surface area contributed by atoms with Crippen molar-refractivity contribution in [3.8, 4) is 63.2 Å². The molecule has 0 radical (unpaired) electrons. The number of hydrogen-bond acceptors (Lipinski definition) is 19. The van der Waals surface area contributed by atoms with Crippen LogP contribution in [-0.2, 0) is 35.0 Å². The third-order valence-electron chi connectivity index (χ3n) is 23.2. The average molecular weight is 1690 g/mol. The number of carbonyl (C=O) groups excluding carboxylic acids is 5. The maximum atomic E-state index is 14.0. The van der Waals surface area contributed by atoms with Gasteiger partial charge in [-0.1, -0.05) is 122 Å². The molecule has 7 unspecified atom stereocenters. The molecule has 10 aromatic rings. The SMILES string of the molecule is [C-]#[N+]c1c(C(=O)OC2C(C)CC(C)CC2C)c2nc(-c3cc(NS(=O)Oc4cc(C)ccc4C)ccc3OC)[nH]n2c1OC(=O)N1CCOCC1.[C-]#[N+]c1c(C(=O)OC2C(C)CC(C)CC2C)c2nc(-c3ccc(C)cc3)[nH]n2c1OC(=O)N1CCOCC1.[C-]#[N+]c1c(C(=O)OC2C(C)CC(C)CC2C)c2nc(-c3ccc(C)cc3OC)[nH]n2c1Cl. The second kappa shape index (κ2) is 37.4. The zero-order valence-electron chi connectivity index (χ0n) is 70.6. The quantitative estimate of drug-likeness (QED) is 0.0374. The Balaban J connectivity index is 0.000000161. The summed E-state index contributed by atoms with van der Waals surface area (Å²) in [4.78, 5) is 95.0. The van der Waals surface area contributed by atoms with Gasteiger partial charge in [-0.05, 0) is 173 Å². The third-order valence-corrected chi connectivity index (χ3v) is 24.3. The Morgan fingerprint density at radius 3 is 1.31 bits per heavy atom. The van der Waals surface area contributed by atoms with Crippen molar-refractivity contribution in [3.05, 3.63) is 157 Å². The van der Waals surface area contributed by atoms with Crippen molar-refractivity contribution >= 4 is 92.7 Å². The highest BCUT2D eigenvalue weighted by Crippen LogP contribution is 2.46. The van der Waals surface area contributed by atoms with Crippen molar-refractivity contribution in [2.24, 2.45) is 53.3 Å². The number of esters is 3. The van der Waals surface area contributed by atoms with E-state index in [2.05, 4.69) is 107 Å². The highest BCUT2D eigenvalue weighted by atomic mass is 35.5. The summed E-state index contributed by atoms with van der Waals surface area (Å²) in [5, 5.41) is 9.41. The maximum Gasteiger partial charge on any atom is 0.415 e. The van der Waals surface area contributed by atoms with Crippen LogP contribution in [0.15, 0.2) is 78.9 Å². The van der Waals surface area contributed by atoms with Gasteiger partial charge < -0.3 is 56.6 Å². The number of halogens is 1. The van der Waals surface area contributed by atoms with Crippen LogP contribution < -0.4 is 27.9 Å². The topological polar surface area (TPSA) is 326 Å². The summed E-state index contributed by atoms with van der Waals surface area (Å²) < 4.78 is 77.2. The second-order valence-corrected chi connectivity index (χ2v) is 34.1. The number of morpholine rings is 2. The number of aromatic nitrogens is 9. The molecule has 0 bridgehead atoms. The first-order chi connectivity index (χ1) is 58.0. The summed E-state index contributed by atoms with van der Waals surface area (Å²) >= 11 is 4.51. The standard InChI is InChI=1S/C36H42N6O8S.C28H33N5O5.C24H27ClN4O3/c1-20-8-9-22(3)28(18-20)50-51(45)40-25-10-11-27(46-7)26(19-25)32-38-33-29(35(43)48-31-23(4)16-21(2)17-24(31)5)30(37-6)34(42(33)39-32)49-36(44)41-12-14-47-15-13-41;1-16-6-8-20(9-7-16)24-30-25-21(27(34)37-23-18(3)14-17(2)15-19(23)4)22(29-5)26(33(25)31-24)38-28(35)32-10-12-36-13-11-32;1-12-7-8-16(17(11-12)31-6)22-27-23-18(19(26-5)21(25)29(23)28-22)24(30)32-20-14(3)9-13(2)10-15(20)4/h8-11,18-19,21,23-24,31,40H,12-17H2,1-5,7H3,(H,38,39);6-9,17-19,23H,10-15H2,1-4H3,(H,30,31);7-8,11,13-15,20H,9-10H2,1-4,6H3,(H,27,28). The van der Waals surface area contributed by atoms with E-state index in [1.165, 1.54) is 30.5 Å². The van der Waals surface area contributed by atoms with Crippen LogP contribution in [0.4, 0.5) is 32.3 Å². The number of nitrogens with one attached hydrogen (secondary N) is 4. The summed E-state index contributed by atoms with van der Waals surface area (Å²) in [5.74, 6) is 3.24. The molecule has 3 aliphatic carbocycles. The Kier molecular flexibility index (Phi) is 26.9. The van der Waals surface area contributed by atoms with Gasteiger partial charge in [-0.15, -0.1) is 0 Å². The van der Waals surface area contributed by atoms with Crippen LogP contribution in [0.3, 0.4) is 0 Å². The third kappa shape index (κ3) is 18.7. The summed E-state index contributed by atoms with van der Waals surface area (Å²) in [6, 6.07) is 24.1. The molecule has 7 atom stereocenters. The zero-order valence-corrected chi connectivity index (χ0v) is 72.1. The number of aryl methyl sites for hydroxylation is 4. The van der Waals surface area contributed by atoms with Gasteiger partial charge in [0.15, 0.2) is 34.4 Å². The monoisotopic (exact) mass is 1690 g/mol. The molecule has 3 saturated carbocycles. The lowest BCUT2D eigenvalue weighted by atomic mass is 9.75. The molecule has 2 aliphatic heterocycles. The molecule has 0 spiro atoms. The second-order valence-electron chi connectivity index (χ2n) is 32.9. The number of ether oxygens (including phenoxy) is 9. The summed E-state index contributed by atoms with van der Waals surface area (Å²) in [7, 11) is 3.08. The van der Waals surface area contributed by atoms with E-state index in [0.29, 0.717) is 111 Å². The lowest BCUT2D eigenvalue weighted by Crippen LogP contribution is -2.42. The maximum absolute atomic E-state index is 14.0. The predicted octanol–water partition coefficient (Wildman–Crippen LogP) is 18.0. The Morgan fingerprint density at radius 2 is 0.868 bits per heavy atom. The number of carbonyl (C=O) groups is 5. The van der Waals surface area contributed by atoms with Crippen LogP contribution in [0.2, 0.25) is 5.15 Å². The van der Waals surface area contributed by atoms with Crippen molar-refractivity contribution in [1.82, 2.24) is 53.6 Å². The van der Waals surface area contributed by atoms with Gasteiger partial charge in [0, 0.05) is 31.7 Å². The van der Waals surface area contributed by atoms with Crippen molar-refractivity contribution in [2.75, 3.05) is 71.5 Å². The number of rotatable bonds is 17. The minimum absolute atomic E-state index is 0.00240. The molecule has 8 heterocycles. The van der Waals surface area contributed by atoms with E-state index in [0.717, 1.165) is 71.9 Å². The van der Waals surface area contributed by atoms with Crippen molar-refractivity contribution < 1.29 is 75.0 Å². The van der Waals surface area contributed by atoms with Crippen LogP contribution in [0.1, 0.15) is 154 Å². The fraction of sp³-hybridized carbons (Fsp3) is 0.466. The van der Waals surface area contributed by atoms with Crippen molar-refractivity contribution in [2.45, 2.75) is 147 Å². The lowest BCUT2D eigenvalue weighted by Gasteiger charge is -2.37. The molecule has 33 heteroatoms. The Hall–Kier alpha value is -11.9. The number of benzene rings is 4. The van der Waals surface area contributed by atoms with Gasteiger partial charge in [-0.2, -0.15) is 4.21 Å². The molecule has 5 aliphatic rings. The molecule has 15 rings (SSSR count). The molecule has 2 amide bonds. The average Bonchev–Trinajstić information content (AvgIpc) is 1.59. The molecule has 31 nitrogen and oxygen atoms in total.